The van der Waals surface area contributed by atoms with Gasteiger partial charge in [-0.15, -0.1) is 0 Å². The Kier molecular flexibility index (Phi) is 3.13. The summed E-state index contributed by atoms with van der Waals surface area (Å²) in [7, 11) is 0. The molecule has 0 saturated carbocycles. The minimum Gasteiger partial charge on any atom is -0.504 e. The van der Waals surface area contributed by atoms with E-state index in [0.717, 1.165) is 6.07 Å². The van der Waals surface area contributed by atoms with Crippen molar-refractivity contribution in [2.75, 3.05) is 6.54 Å². The maximum Gasteiger partial charge on any atom is 0.167 e. The van der Waals surface area contributed by atoms with Crippen molar-refractivity contribution < 1.29 is 9.50 Å². The zero-order valence-corrected chi connectivity index (χ0v) is 7.40. The number of hydrogen-bond acceptors (Lipinski definition) is 2. The molecule has 0 radical (unpaired) electrons. The van der Waals surface area contributed by atoms with Gasteiger partial charge in [-0.1, -0.05) is 23.4 Å². The Morgan fingerprint density at radius 1 is 1.54 bits per heavy atom. The van der Waals surface area contributed by atoms with Crippen molar-refractivity contribution in [2.45, 2.75) is 0 Å². The van der Waals surface area contributed by atoms with Crippen LogP contribution in [0.25, 0.3) is 0 Å². The summed E-state index contributed by atoms with van der Waals surface area (Å²) in [6, 6.07) is 2.40. The van der Waals surface area contributed by atoms with Gasteiger partial charge in [-0.3, -0.25) is 0 Å². The first kappa shape index (κ1) is 9.85. The van der Waals surface area contributed by atoms with Crippen molar-refractivity contribution in [2.24, 2.45) is 5.73 Å². The third-order valence-electron chi connectivity index (χ3n) is 1.35. The number of rotatable bonds is 0. The molecule has 0 aliphatic rings. The van der Waals surface area contributed by atoms with Gasteiger partial charge in [0.15, 0.2) is 11.6 Å². The lowest BCUT2D eigenvalue weighted by molar-refractivity contribution is 0.431. The van der Waals surface area contributed by atoms with Crippen LogP contribution in [-0.4, -0.2) is 11.7 Å². The number of halogens is 2. The molecule has 0 aliphatic carbocycles. The third-order valence-corrected chi connectivity index (χ3v) is 1.57. The van der Waals surface area contributed by atoms with Crippen LogP contribution in [0, 0.1) is 17.7 Å². The molecular formula is C9H7ClFNO. The molecule has 0 fully saturated rings. The van der Waals surface area contributed by atoms with E-state index in [0.29, 0.717) is 0 Å². The first-order valence-corrected chi connectivity index (χ1v) is 3.90. The summed E-state index contributed by atoms with van der Waals surface area (Å²) in [6.07, 6.45) is 0. The van der Waals surface area contributed by atoms with E-state index in [1.54, 1.807) is 0 Å². The molecule has 1 aromatic carbocycles. The molecule has 13 heavy (non-hydrogen) atoms. The fourth-order valence-electron chi connectivity index (χ4n) is 0.808. The maximum absolute atomic E-state index is 12.8. The van der Waals surface area contributed by atoms with E-state index in [9.17, 15) is 9.50 Å². The van der Waals surface area contributed by atoms with E-state index < -0.39 is 11.6 Å². The highest BCUT2D eigenvalue weighted by molar-refractivity contribution is 6.30. The van der Waals surface area contributed by atoms with E-state index in [1.165, 1.54) is 6.07 Å². The zero-order chi connectivity index (χ0) is 9.84. The fourth-order valence-corrected chi connectivity index (χ4v) is 1.01. The molecule has 0 atom stereocenters. The molecule has 0 heterocycles. The van der Waals surface area contributed by atoms with Crippen LogP contribution < -0.4 is 5.73 Å². The van der Waals surface area contributed by atoms with Crippen molar-refractivity contribution in [1.29, 1.82) is 0 Å². The van der Waals surface area contributed by atoms with Gasteiger partial charge >= 0.3 is 0 Å². The van der Waals surface area contributed by atoms with E-state index in [2.05, 4.69) is 11.8 Å². The normalized spacial score (nSPS) is 9.15. The minimum atomic E-state index is -0.783. The molecule has 4 heteroatoms. The molecule has 0 spiro atoms. The molecule has 1 aromatic rings. The summed E-state index contributed by atoms with van der Waals surface area (Å²) < 4.78 is 12.8. The molecule has 0 aliphatic heterocycles. The minimum absolute atomic E-state index is 0.146. The van der Waals surface area contributed by atoms with Crippen molar-refractivity contribution in [3.63, 3.8) is 0 Å². The lowest BCUT2D eigenvalue weighted by Gasteiger charge is -1.98. The summed E-state index contributed by atoms with van der Waals surface area (Å²) in [5.41, 5.74) is 5.27. The Morgan fingerprint density at radius 3 is 2.85 bits per heavy atom. The van der Waals surface area contributed by atoms with Gasteiger partial charge in [0.25, 0.3) is 0 Å². The Labute approximate surface area is 80.1 Å². The zero-order valence-electron chi connectivity index (χ0n) is 6.64. The second-order valence-corrected chi connectivity index (χ2v) is 2.73. The van der Waals surface area contributed by atoms with Crippen molar-refractivity contribution >= 4 is 11.6 Å². The lowest BCUT2D eigenvalue weighted by Crippen LogP contribution is -1.93. The quantitative estimate of drug-likeness (QED) is 0.622. The summed E-state index contributed by atoms with van der Waals surface area (Å²) in [4.78, 5) is 0. The predicted molar refractivity (Wildman–Crippen MR) is 49.0 cm³/mol. The topological polar surface area (TPSA) is 46.2 Å². The number of phenolic OH excluding ortho intramolecular Hbond substituents is 1. The molecule has 0 bridgehead atoms. The Balaban J connectivity index is 3.20. The van der Waals surface area contributed by atoms with Gasteiger partial charge in [0.05, 0.1) is 12.1 Å². The van der Waals surface area contributed by atoms with Crippen LogP contribution in [0.4, 0.5) is 4.39 Å². The monoisotopic (exact) mass is 199 g/mol. The standard InChI is InChI=1S/C9H7ClFNO/c10-7-4-6(2-1-3-12)9(13)8(11)5-7/h4-5,13H,3,12H2. The summed E-state index contributed by atoms with van der Waals surface area (Å²) in [5, 5.41) is 9.36. The molecule has 1 rings (SSSR count). The van der Waals surface area contributed by atoms with Gasteiger partial charge in [0.1, 0.15) is 0 Å². The van der Waals surface area contributed by atoms with Crippen LogP contribution in [0.5, 0.6) is 5.75 Å². The van der Waals surface area contributed by atoms with Crippen LogP contribution in [0.15, 0.2) is 12.1 Å². The van der Waals surface area contributed by atoms with Crippen LogP contribution in [0.1, 0.15) is 5.56 Å². The van der Waals surface area contributed by atoms with Crippen molar-refractivity contribution in [1.82, 2.24) is 0 Å². The highest BCUT2D eigenvalue weighted by atomic mass is 35.5. The second kappa shape index (κ2) is 4.13. The van der Waals surface area contributed by atoms with Crippen LogP contribution in [0.3, 0.4) is 0 Å². The van der Waals surface area contributed by atoms with Crippen LogP contribution in [-0.2, 0) is 0 Å². The summed E-state index contributed by atoms with van der Waals surface area (Å²) in [5.74, 6) is 3.72. The van der Waals surface area contributed by atoms with E-state index >= 15 is 0 Å². The Morgan fingerprint density at radius 2 is 2.23 bits per heavy atom. The maximum atomic E-state index is 12.8. The highest BCUT2D eigenvalue weighted by Gasteiger charge is 2.06. The average Bonchev–Trinajstić information content (AvgIpc) is 2.09. The van der Waals surface area contributed by atoms with Crippen LogP contribution in [0.2, 0.25) is 5.02 Å². The second-order valence-electron chi connectivity index (χ2n) is 2.29. The van der Waals surface area contributed by atoms with Gasteiger partial charge in [0.2, 0.25) is 0 Å². The number of aromatic hydroxyl groups is 1. The van der Waals surface area contributed by atoms with E-state index in [1.807, 2.05) is 0 Å². The molecule has 2 nitrogen and oxygen atoms in total. The lowest BCUT2D eigenvalue weighted by atomic mass is 10.2. The Bertz CT molecular complexity index is 381. The molecule has 0 amide bonds. The number of phenols is 1. The first-order valence-electron chi connectivity index (χ1n) is 3.52. The van der Waals surface area contributed by atoms with Gasteiger partial charge < -0.3 is 10.8 Å². The summed E-state index contributed by atoms with van der Waals surface area (Å²) in [6.45, 7) is 0.146. The van der Waals surface area contributed by atoms with Gasteiger partial charge in [0, 0.05) is 5.02 Å². The molecule has 0 unspecified atom stereocenters. The largest absolute Gasteiger partial charge is 0.504 e. The number of hydrogen-bond donors (Lipinski definition) is 2. The Hall–Kier alpha value is -1.24. The van der Waals surface area contributed by atoms with E-state index in [4.69, 9.17) is 17.3 Å². The SMILES string of the molecule is NCC#Cc1cc(Cl)cc(F)c1O. The molecule has 0 aromatic heterocycles. The third kappa shape index (κ3) is 2.35. The van der Waals surface area contributed by atoms with Crippen LogP contribution >= 0.6 is 11.6 Å². The number of nitrogens with two attached hydrogens (primary N) is 1. The highest BCUT2D eigenvalue weighted by Crippen LogP contribution is 2.24. The summed E-state index contributed by atoms with van der Waals surface area (Å²) >= 11 is 5.55. The molecule has 68 valence electrons. The average molecular weight is 200 g/mol. The van der Waals surface area contributed by atoms with E-state index in [-0.39, 0.29) is 17.1 Å². The fraction of sp³-hybridized carbons (Fsp3) is 0.111. The van der Waals surface area contributed by atoms with Gasteiger partial charge in [-0.05, 0) is 12.1 Å². The smallest absolute Gasteiger partial charge is 0.167 e. The van der Waals surface area contributed by atoms with Crippen molar-refractivity contribution in [3.8, 4) is 17.6 Å². The predicted octanol–water partition coefficient (Wildman–Crippen LogP) is 1.49. The number of benzene rings is 1. The molecular weight excluding hydrogens is 193 g/mol. The van der Waals surface area contributed by atoms with Gasteiger partial charge in [-0.2, -0.15) is 0 Å². The molecule has 3 N–H and O–H groups in total. The first-order chi connectivity index (χ1) is 6.15. The van der Waals surface area contributed by atoms with Crippen molar-refractivity contribution in [3.05, 3.63) is 28.5 Å². The van der Waals surface area contributed by atoms with Gasteiger partial charge in [-0.25, -0.2) is 4.39 Å². The molecule has 0 saturated heterocycles.